The first-order chi connectivity index (χ1) is 8.74. The molecule has 7 heteroatoms. The van der Waals surface area contributed by atoms with Gasteiger partial charge in [0.05, 0.1) is 18.1 Å². The van der Waals surface area contributed by atoms with Gasteiger partial charge in [-0.25, -0.2) is 19.0 Å². The van der Waals surface area contributed by atoms with E-state index in [1.54, 1.807) is 24.5 Å². The number of hydrogen-bond acceptors (Lipinski definition) is 4. The van der Waals surface area contributed by atoms with Crippen LogP contribution in [0.4, 0.5) is 10.1 Å². The van der Waals surface area contributed by atoms with Crippen molar-refractivity contribution in [2.24, 2.45) is 4.99 Å². The summed E-state index contributed by atoms with van der Waals surface area (Å²) in [4.78, 5) is 8.33. The topological polar surface area (TPSA) is 84.9 Å². The van der Waals surface area contributed by atoms with Gasteiger partial charge < -0.3 is 5.84 Å². The molecule has 0 unspecified atom stereocenters. The first-order valence-electron chi connectivity index (χ1n) is 5.20. The zero-order valence-corrected chi connectivity index (χ0v) is 9.21. The molecule has 0 spiro atoms. The standard InChI is InChI=1S/C11H9FN6/c12-7-1-3-8(4-2-7)16-11-14-5-9-10(18(11)13)6-15-17-9/h1-6H,13H2,(H,15,17). The maximum Gasteiger partial charge on any atom is 0.249 e. The summed E-state index contributed by atoms with van der Waals surface area (Å²) in [5.74, 6) is 5.56. The van der Waals surface area contributed by atoms with Crippen LogP contribution in [0.3, 0.4) is 0 Å². The predicted molar refractivity (Wildman–Crippen MR) is 63.7 cm³/mol. The highest BCUT2D eigenvalue weighted by Gasteiger charge is 2.01. The zero-order valence-electron chi connectivity index (χ0n) is 9.21. The molecule has 18 heavy (non-hydrogen) atoms. The highest BCUT2D eigenvalue weighted by molar-refractivity contribution is 5.72. The van der Waals surface area contributed by atoms with Crippen molar-refractivity contribution in [3.8, 4) is 0 Å². The van der Waals surface area contributed by atoms with E-state index >= 15 is 0 Å². The fourth-order valence-electron chi connectivity index (χ4n) is 1.58. The Morgan fingerprint density at radius 3 is 2.78 bits per heavy atom. The summed E-state index contributed by atoms with van der Waals surface area (Å²) in [6.07, 6.45) is 3.18. The molecule has 0 amide bonds. The molecule has 1 aromatic carbocycles. The Bertz CT molecular complexity index is 755. The second-order valence-corrected chi connectivity index (χ2v) is 3.69. The number of fused-ring (bicyclic) bond motifs is 1. The minimum Gasteiger partial charge on any atom is -0.336 e. The van der Waals surface area contributed by atoms with Crippen LogP contribution in [0.15, 0.2) is 41.7 Å². The van der Waals surface area contributed by atoms with Crippen LogP contribution in [-0.4, -0.2) is 19.9 Å². The molecule has 0 atom stereocenters. The summed E-state index contributed by atoms with van der Waals surface area (Å²) in [7, 11) is 0. The van der Waals surface area contributed by atoms with E-state index in [1.165, 1.54) is 16.8 Å². The fourth-order valence-corrected chi connectivity index (χ4v) is 1.58. The molecular formula is C11H9FN6. The van der Waals surface area contributed by atoms with Crippen molar-refractivity contribution in [1.29, 1.82) is 0 Å². The molecule has 0 saturated heterocycles. The summed E-state index contributed by atoms with van der Waals surface area (Å²) in [5, 5.41) is 6.62. The van der Waals surface area contributed by atoms with Gasteiger partial charge in [0.1, 0.15) is 16.9 Å². The van der Waals surface area contributed by atoms with Crippen molar-refractivity contribution in [2.75, 3.05) is 5.84 Å². The summed E-state index contributed by atoms with van der Waals surface area (Å²) in [6.45, 7) is 0. The van der Waals surface area contributed by atoms with E-state index in [0.29, 0.717) is 16.8 Å². The van der Waals surface area contributed by atoms with Crippen molar-refractivity contribution < 1.29 is 4.39 Å². The number of nitrogens with two attached hydrogens (primary N) is 1. The Morgan fingerprint density at radius 2 is 2.00 bits per heavy atom. The number of benzene rings is 1. The van der Waals surface area contributed by atoms with E-state index < -0.39 is 0 Å². The molecule has 90 valence electrons. The van der Waals surface area contributed by atoms with Gasteiger partial charge in [0.25, 0.3) is 0 Å². The molecular weight excluding hydrogens is 235 g/mol. The molecule has 0 aliphatic rings. The highest BCUT2D eigenvalue weighted by atomic mass is 19.1. The van der Waals surface area contributed by atoms with E-state index in [0.717, 1.165) is 5.52 Å². The van der Waals surface area contributed by atoms with Crippen molar-refractivity contribution in [1.82, 2.24) is 19.9 Å². The van der Waals surface area contributed by atoms with E-state index in [2.05, 4.69) is 20.2 Å². The van der Waals surface area contributed by atoms with Crippen LogP contribution in [0.2, 0.25) is 0 Å². The number of nitrogens with zero attached hydrogens (tertiary/aromatic N) is 4. The van der Waals surface area contributed by atoms with Gasteiger partial charge >= 0.3 is 0 Å². The molecule has 3 aromatic rings. The third-order valence-electron chi connectivity index (χ3n) is 2.49. The molecule has 0 aliphatic carbocycles. The van der Waals surface area contributed by atoms with Gasteiger partial charge in [-0.2, -0.15) is 5.10 Å². The number of rotatable bonds is 1. The zero-order chi connectivity index (χ0) is 12.5. The van der Waals surface area contributed by atoms with Gasteiger partial charge in [-0.1, -0.05) is 0 Å². The Balaban J connectivity index is 2.19. The van der Waals surface area contributed by atoms with E-state index in [9.17, 15) is 4.39 Å². The lowest BCUT2D eigenvalue weighted by Crippen LogP contribution is -2.30. The molecule has 6 nitrogen and oxygen atoms in total. The number of H-pyrrole nitrogens is 1. The lowest BCUT2D eigenvalue weighted by Gasteiger charge is -2.00. The summed E-state index contributed by atoms with van der Waals surface area (Å²) in [6, 6.07) is 5.76. The van der Waals surface area contributed by atoms with Crippen LogP contribution in [-0.2, 0) is 0 Å². The summed E-state index contributed by atoms with van der Waals surface area (Å²) >= 11 is 0. The van der Waals surface area contributed by atoms with Crippen molar-refractivity contribution >= 4 is 16.7 Å². The van der Waals surface area contributed by atoms with Crippen LogP contribution >= 0.6 is 0 Å². The highest BCUT2D eigenvalue weighted by Crippen LogP contribution is 2.11. The van der Waals surface area contributed by atoms with E-state index in [4.69, 9.17) is 5.84 Å². The van der Waals surface area contributed by atoms with Crippen LogP contribution in [0.1, 0.15) is 0 Å². The summed E-state index contributed by atoms with van der Waals surface area (Å²) in [5.41, 5.74) is 2.29. The van der Waals surface area contributed by atoms with Crippen molar-refractivity contribution in [3.63, 3.8) is 0 Å². The molecule has 0 aliphatic heterocycles. The molecule has 3 N–H and O–H groups in total. The molecule has 2 aromatic heterocycles. The average molecular weight is 244 g/mol. The van der Waals surface area contributed by atoms with Crippen molar-refractivity contribution in [2.45, 2.75) is 0 Å². The number of halogens is 1. The molecule has 0 bridgehead atoms. The predicted octanol–water partition coefficient (Wildman–Crippen LogP) is 0.845. The Labute approximate surface area is 101 Å². The van der Waals surface area contributed by atoms with E-state index in [1.807, 2.05) is 0 Å². The SMILES string of the molecule is Nn1c(=Nc2ccc(F)cc2)ncc2[nH]ncc21. The second-order valence-electron chi connectivity index (χ2n) is 3.69. The normalized spacial score (nSPS) is 12.2. The van der Waals surface area contributed by atoms with Gasteiger partial charge in [0.2, 0.25) is 5.62 Å². The average Bonchev–Trinajstić information content (AvgIpc) is 2.84. The smallest absolute Gasteiger partial charge is 0.249 e. The maximum atomic E-state index is 12.8. The Kier molecular flexibility index (Phi) is 2.30. The minimum atomic E-state index is -0.312. The number of hydrogen-bond donors (Lipinski definition) is 2. The van der Waals surface area contributed by atoms with Crippen LogP contribution in [0.5, 0.6) is 0 Å². The third kappa shape index (κ3) is 1.71. The number of nitrogens with one attached hydrogen (secondary N) is 1. The summed E-state index contributed by atoms with van der Waals surface area (Å²) < 4.78 is 14.1. The third-order valence-corrected chi connectivity index (χ3v) is 2.49. The van der Waals surface area contributed by atoms with Gasteiger partial charge in [0, 0.05) is 0 Å². The molecule has 0 saturated carbocycles. The number of aromatic amines is 1. The van der Waals surface area contributed by atoms with Crippen molar-refractivity contribution in [3.05, 3.63) is 48.1 Å². The monoisotopic (exact) mass is 244 g/mol. The van der Waals surface area contributed by atoms with Gasteiger partial charge in [-0.05, 0) is 24.3 Å². The first kappa shape index (κ1) is 10.5. The van der Waals surface area contributed by atoms with Gasteiger partial charge in [0.15, 0.2) is 0 Å². The largest absolute Gasteiger partial charge is 0.336 e. The first-order valence-corrected chi connectivity index (χ1v) is 5.20. The number of nitrogen functional groups attached to an aromatic ring is 1. The lowest BCUT2D eigenvalue weighted by molar-refractivity contribution is 0.628. The van der Waals surface area contributed by atoms with Crippen LogP contribution < -0.4 is 11.5 Å². The quantitative estimate of drug-likeness (QED) is 0.622. The Morgan fingerprint density at radius 1 is 1.22 bits per heavy atom. The molecule has 0 radical (unpaired) electrons. The number of aromatic nitrogens is 4. The second kappa shape index (κ2) is 3.95. The van der Waals surface area contributed by atoms with Crippen LogP contribution in [0.25, 0.3) is 11.0 Å². The molecule has 0 fully saturated rings. The Hall–Kier alpha value is -2.70. The molecule has 2 heterocycles. The molecule has 3 rings (SSSR count). The maximum absolute atomic E-state index is 12.8. The van der Waals surface area contributed by atoms with Gasteiger partial charge in [-0.3, -0.25) is 5.10 Å². The van der Waals surface area contributed by atoms with E-state index in [-0.39, 0.29) is 5.82 Å². The van der Waals surface area contributed by atoms with Crippen LogP contribution in [0, 0.1) is 5.82 Å². The minimum absolute atomic E-state index is 0.312. The lowest BCUT2D eigenvalue weighted by atomic mass is 10.3. The fraction of sp³-hybridized carbons (Fsp3) is 0. The van der Waals surface area contributed by atoms with Gasteiger partial charge in [-0.15, -0.1) is 0 Å².